The number of hydrogen-bond acceptors (Lipinski definition) is 6. The molecule has 0 aliphatic heterocycles. The number of fused-ring (bicyclic) bond motifs is 2. The van der Waals surface area contributed by atoms with Crippen LogP contribution in [0.4, 0.5) is 0 Å². The first-order valence-corrected chi connectivity index (χ1v) is 8.13. The normalized spacial score (nSPS) is 16.4. The van der Waals surface area contributed by atoms with Crippen molar-refractivity contribution in [1.29, 1.82) is 0 Å². The van der Waals surface area contributed by atoms with Gasteiger partial charge in [-0.25, -0.2) is 0 Å². The Balaban J connectivity index is 2.27. The van der Waals surface area contributed by atoms with Crippen LogP contribution in [-0.4, -0.2) is 33.9 Å². The fraction of sp³-hybridized carbons (Fsp3) is 0.250. The number of phenols is 2. The van der Waals surface area contributed by atoms with Crippen LogP contribution in [0.2, 0.25) is 0 Å². The van der Waals surface area contributed by atoms with E-state index in [0.717, 1.165) is 0 Å². The van der Waals surface area contributed by atoms with Crippen LogP contribution < -0.4 is 0 Å². The van der Waals surface area contributed by atoms with Crippen molar-refractivity contribution in [2.24, 2.45) is 0 Å². The zero-order valence-corrected chi connectivity index (χ0v) is 14.6. The van der Waals surface area contributed by atoms with Crippen LogP contribution in [0.25, 0.3) is 0 Å². The average Bonchev–Trinajstić information content (AvgIpc) is 2.53. The zero-order chi connectivity index (χ0) is 19.2. The number of aryl methyl sites for hydroxylation is 1. The summed E-state index contributed by atoms with van der Waals surface area (Å²) in [6.45, 7) is 4.40. The molecule has 2 N–H and O–H groups in total. The summed E-state index contributed by atoms with van der Waals surface area (Å²) in [5, 5.41) is 20.5. The lowest BCUT2D eigenvalue weighted by Gasteiger charge is -2.29. The van der Waals surface area contributed by atoms with Crippen LogP contribution in [0.1, 0.15) is 52.4 Å². The highest BCUT2D eigenvalue weighted by Crippen LogP contribution is 2.44. The highest BCUT2D eigenvalue weighted by molar-refractivity contribution is 6.18. The third-order valence-electron chi connectivity index (χ3n) is 4.47. The maximum absolute atomic E-state index is 13.0. The largest absolute Gasteiger partial charge is 0.507 e. The molecular formula is C20H18O6. The first kappa shape index (κ1) is 17.7. The molecule has 0 bridgehead atoms. The first-order chi connectivity index (χ1) is 12.2. The number of carbonyl (C=O) groups excluding carboxylic acids is 3. The van der Waals surface area contributed by atoms with E-state index < -0.39 is 29.6 Å². The number of ketones is 2. The molecule has 6 nitrogen and oxygen atoms in total. The van der Waals surface area contributed by atoms with Gasteiger partial charge in [0.05, 0.1) is 17.0 Å². The predicted octanol–water partition coefficient (Wildman–Crippen LogP) is 2.60. The SMILES string of the molecule is CC(=O)O[C@H](C)C(=O)[C@H]1c2cccc(O)c2C(=O)c2c(O)cc(C)cc21. The number of esters is 1. The summed E-state index contributed by atoms with van der Waals surface area (Å²) < 4.78 is 5.01. The second-order valence-electron chi connectivity index (χ2n) is 6.41. The number of benzene rings is 2. The lowest BCUT2D eigenvalue weighted by Crippen LogP contribution is -2.33. The minimum absolute atomic E-state index is 0.0158. The summed E-state index contributed by atoms with van der Waals surface area (Å²) >= 11 is 0. The second-order valence-corrected chi connectivity index (χ2v) is 6.41. The third-order valence-corrected chi connectivity index (χ3v) is 4.47. The van der Waals surface area contributed by atoms with Gasteiger partial charge in [-0.05, 0) is 42.7 Å². The summed E-state index contributed by atoms with van der Waals surface area (Å²) in [4.78, 5) is 37.1. The number of Topliss-reactive ketones (excluding diaryl/α,β-unsaturated/α-hetero) is 1. The van der Waals surface area contributed by atoms with Crippen molar-refractivity contribution in [3.05, 3.63) is 58.1 Å². The van der Waals surface area contributed by atoms with Crippen molar-refractivity contribution in [3.63, 3.8) is 0 Å². The van der Waals surface area contributed by atoms with Crippen molar-refractivity contribution in [3.8, 4) is 11.5 Å². The molecule has 1 aliphatic carbocycles. The number of rotatable bonds is 3. The zero-order valence-electron chi connectivity index (χ0n) is 14.6. The van der Waals surface area contributed by atoms with E-state index in [1.807, 2.05) is 0 Å². The minimum Gasteiger partial charge on any atom is -0.507 e. The van der Waals surface area contributed by atoms with Gasteiger partial charge in [0.1, 0.15) is 11.5 Å². The van der Waals surface area contributed by atoms with E-state index in [1.54, 1.807) is 25.1 Å². The first-order valence-electron chi connectivity index (χ1n) is 8.13. The Morgan fingerprint density at radius 2 is 1.73 bits per heavy atom. The van der Waals surface area contributed by atoms with Gasteiger partial charge in [-0.15, -0.1) is 0 Å². The van der Waals surface area contributed by atoms with E-state index >= 15 is 0 Å². The Morgan fingerprint density at radius 1 is 1.08 bits per heavy atom. The Morgan fingerprint density at radius 3 is 2.38 bits per heavy atom. The van der Waals surface area contributed by atoms with Gasteiger partial charge in [0, 0.05) is 6.92 Å². The summed E-state index contributed by atoms with van der Waals surface area (Å²) in [6, 6.07) is 7.56. The molecule has 2 atom stereocenters. The number of aromatic hydroxyl groups is 2. The fourth-order valence-corrected chi connectivity index (χ4v) is 3.46. The van der Waals surface area contributed by atoms with Crippen LogP contribution in [0.5, 0.6) is 11.5 Å². The molecule has 2 aromatic carbocycles. The van der Waals surface area contributed by atoms with Gasteiger partial charge in [-0.3, -0.25) is 14.4 Å². The van der Waals surface area contributed by atoms with E-state index in [2.05, 4.69) is 0 Å². The minimum atomic E-state index is -1.04. The van der Waals surface area contributed by atoms with Gasteiger partial charge >= 0.3 is 5.97 Å². The van der Waals surface area contributed by atoms with Crippen LogP contribution in [-0.2, 0) is 14.3 Å². The van der Waals surface area contributed by atoms with Crippen molar-refractivity contribution in [2.75, 3.05) is 0 Å². The quantitative estimate of drug-likeness (QED) is 0.822. The summed E-state index contributed by atoms with van der Waals surface area (Å²) in [5.74, 6) is -3.04. The van der Waals surface area contributed by atoms with Crippen molar-refractivity contribution < 1.29 is 29.3 Å². The summed E-state index contributed by atoms with van der Waals surface area (Å²) in [6.07, 6.45) is -1.04. The van der Waals surface area contributed by atoms with Crippen molar-refractivity contribution in [1.82, 2.24) is 0 Å². The summed E-state index contributed by atoms with van der Waals surface area (Å²) in [7, 11) is 0. The van der Waals surface area contributed by atoms with E-state index in [0.29, 0.717) is 16.7 Å². The molecule has 0 unspecified atom stereocenters. The highest BCUT2D eigenvalue weighted by Gasteiger charge is 2.40. The van der Waals surface area contributed by atoms with Crippen molar-refractivity contribution >= 4 is 17.5 Å². The fourth-order valence-electron chi connectivity index (χ4n) is 3.46. The third kappa shape index (κ3) is 2.73. The van der Waals surface area contributed by atoms with Gasteiger partial charge < -0.3 is 14.9 Å². The molecular weight excluding hydrogens is 336 g/mol. The molecule has 0 heterocycles. The maximum Gasteiger partial charge on any atom is 0.303 e. The lowest BCUT2D eigenvalue weighted by molar-refractivity contribution is -0.152. The molecule has 0 saturated heterocycles. The maximum atomic E-state index is 13.0. The van der Waals surface area contributed by atoms with Crippen LogP contribution >= 0.6 is 0 Å². The van der Waals surface area contributed by atoms with Crippen LogP contribution in [0.3, 0.4) is 0 Å². The Labute approximate surface area is 150 Å². The topological polar surface area (TPSA) is 101 Å². The monoisotopic (exact) mass is 354 g/mol. The molecule has 0 fully saturated rings. The van der Waals surface area contributed by atoms with E-state index in [9.17, 15) is 24.6 Å². The number of hydrogen-bond donors (Lipinski definition) is 2. The van der Waals surface area contributed by atoms with Gasteiger partial charge in [-0.1, -0.05) is 18.2 Å². The van der Waals surface area contributed by atoms with Crippen LogP contribution in [0, 0.1) is 6.92 Å². The molecule has 0 radical (unpaired) electrons. The number of phenolic OH excluding ortho intramolecular Hbond substituents is 2. The molecule has 6 heteroatoms. The van der Waals surface area contributed by atoms with Gasteiger partial charge in [0.2, 0.25) is 5.78 Å². The molecule has 3 rings (SSSR count). The predicted molar refractivity (Wildman–Crippen MR) is 92.5 cm³/mol. The average molecular weight is 354 g/mol. The number of carbonyl (C=O) groups is 3. The van der Waals surface area contributed by atoms with Crippen molar-refractivity contribution in [2.45, 2.75) is 32.8 Å². The van der Waals surface area contributed by atoms with E-state index in [-0.39, 0.29) is 22.6 Å². The standard InChI is InChI=1S/C20H18O6/c1-9-7-13-16(19(24)10(2)26-11(3)21)12-5-4-6-14(22)17(12)20(25)18(13)15(23)8-9/h4-8,10,16,22-23H,1-3H3/t10-,16+/m1/s1. The van der Waals surface area contributed by atoms with E-state index in [4.69, 9.17) is 4.74 Å². The molecule has 0 saturated carbocycles. The highest BCUT2D eigenvalue weighted by atomic mass is 16.5. The van der Waals surface area contributed by atoms with Gasteiger partial charge in [-0.2, -0.15) is 0 Å². The second kappa shape index (κ2) is 6.29. The molecule has 0 aromatic heterocycles. The molecule has 0 amide bonds. The van der Waals surface area contributed by atoms with Crippen LogP contribution in [0.15, 0.2) is 30.3 Å². The molecule has 134 valence electrons. The Bertz CT molecular complexity index is 944. The molecule has 2 aromatic rings. The summed E-state index contributed by atoms with van der Waals surface area (Å²) in [5.41, 5.74) is 1.31. The Hall–Kier alpha value is -3.15. The Kier molecular flexibility index (Phi) is 4.28. The molecule has 26 heavy (non-hydrogen) atoms. The number of ether oxygens (including phenoxy) is 1. The molecule has 0 spiro atoms. The van der Waals surface area contributed by atoms with Gasteiger partial charge in [0.25, 0.3) is 0 Å². The molecule has 1 aliphatic rings. The van der Waals surface area contributed by atoms with Gasteiger partial charge in [0.15, 0.2) is 11.9 Å². The van der Waals surface area contributed by atoms with E-state index in [1.165, 1.54) is 26.0 Å². The smallest absolute Gasteiger partial charge is 0.303 e. The lowest BCUT2D eigenvalue weighted by atomic mass is 9.73.